The molecule has 0 aliphatic carbocycles. The molecule has 2 aliphatic heterocycles. The van der Waals surface area contributed by atoms with Crippen molar-refractivity contribution in [2.75, 3.05) is 11.7 Å². The van der Waals surface area contributed by atoms with Crippen molar-refractivity contribution in [1.29, 1.82) is 0 Å². The third-order valence-corrected chi connectivity index (χ3v) is 4.62. The van der Waals surface area contributed by atoms with Gasteiger partial charge < -0.3 is 9.47 Å². The van der Waals surface area contributed by atoms with Crippen LogP contribution in [0.1, 0.15) is 11.1 Å². The van der Waals surface area contributed by atoms with Gasteiger partial charge in [0.05, 0.1) is 10.6 Å². The Morgan fingerprint density at radius 1 is 1.08 bits per heavy atom. The van der Waals surface area contributed by atoms with E-state index in [1.165, 1.54) is 4.90 Å². The number of hydrogen-bond acceptors (Lipinski definition) is 5. The number of thioether (sulfide) groups is 1. The molecule has 0 N–H and O–H groups in total. The smallest absolute Gasteiger partial charge is 0.298 e. The minimum atomic E-state index is -0.312. The van der Waals surface area contributed by atoms with E-state index in [0.29, 0.717) is 22.1 Å². The second-order valence-corrected chi connectivity index (χ2v) is 6.46. The SMILES string of the molecule is Cc1cccc(N2C(=O)S/C(=C\c3ccc4c(c3)OCO4)C2=O)c1. The van der Waals surface area contributed by atoms with Gasteiger partial charge in [0.15, 0.2) is 11.5 Å². The molecule has 0 atom stereocenters. The number of ether oxygens (including phenoxy) is 2. The van der Waals surface area contributed by atoms with Gasteiger partial charge in [0.2, 0.25) is 6.79 Å². The van der Waals surface area contributed by atoms with Gasteiger partial charge in [-0.2, -0.15) is 0 Å². The molecule has 0 unspecified atom stereocenters. The van der Waals surface area contributed by atoms with E-state index >= 15 is 0 Å². The minimum Gasteiger partial charge on any atom is -0.454 e. The maximum absolute atomic E-state index is 12.6. The Labute approximate surface area is 142 Å². The second kappa shape index (κ2) is 5.72. The normalized spacial score (nSPS) is 17.9. The molecule has 24 heavy (non-hydrogen) atoms. The van der Waals surface area contributed by atoms with Crippen LogP contribution in [0.5, 0.6) is 11.5 Å². The first kappa shape index (κ1) is 14.8. The Kier molecular flexibility index (Phi) is 3.54. The lowest BCUT2D eigenvalue weighted by atomic mass is 10.1. The average molecular weight is 339 g/mol. The summed E-state index contributed by atoms with van der Waals surface area (Å²) in [5.74, 6) is 1.01. The quantitative estimate of drug-likeness (QED) is 0.775. The van der Waals surface area contributed by atoms with Crippen LogP contribution in [0.2, 0.25) is 0 Å². The number of nitrogens with zero attached hydrogens (tertiary/aromatic N) is 1. The first-order valence-electron chi connectivity index (χ1n) is 7.36. The summed E-state index contributed by atoms with van der Waals surface area (Å²) in [4.78, 5) is 26.5. The molecule has 1 saturated heterocycles. The number of rotatable bonds is 2. The average Bonchev–Trinajstić information content (AvgIpc) is 3.12. The summed E-state index contributed by atoms with van der Waals surface area (Å²) in [5, 5.41) is -0.294. The predicted octanol–water partition coefficient (Wildman–Crippen LogP) is 3.96. The topological polar surface area (TPSA) is 55.8 Å². The van der Waals surface area contributed by atoms with Gasteiger partial charge in [-0.3, -0.25) is 9.59 Å². The molecule has 2 aromatic rings. The van der Waals surface area contributed by atoms with Gasteiger partial charge in [-0.05, 0) is 60.2 Å². The van der Waals surface area contributed by atoms with E-state index in [1.807, 2.05) is 31.2 Å². The maximum Gasteiger partial charge on any atom is 0.298 e. The molecule has 2 amide bonds. The van der Waals surface area contributed by atoms with Crippen molar-refractivity contribution in [3.63, 3.8) is 0 Å². The summed E-state index contributed by atoms with van der Waals surface area (Å²) < 4.78 is 10.6. The molecule has 6 heteroatoms. The van der Waals surface area contributed by atoms with Crippen molar-refractivity contribution >= 4 is 34.7 Å². The fraction of sp³-hybridized carbons (Fsp3) is 0.111. The zero-order valence-electron chi connectivity index (χ0n) is 12.8. The number of benzene rings is 2. The lowest BCUT2D eigenvalue weighted by Crippen LogP contribution is -2.27. The molecule has 120 valence electrons. The fourth-order valence-electron chi connectivity index (χ4n) is 2.61. The molecule has 2 aromatic carbocycles. The summed E-state index contributed by atoms with van der Waals surface area (Å²) in [6.07, 6.45) is 1.70. The molecule has 0 spiro atoms. The summed E-state index contributed by atoms with van der Waals surface area (Å²) in [5.41, 5.74) is 2.37. The van der Waals surface area contributed by atoms with E-state index in [-0.39, 0.29) is 17.9 Å². The van der Waals surface area contributed by atoms with Crippen LogP contribution in [0, 0.1) is 6.92 Å². The van der Waals surface area contributed by atoms with Crippen LogP contribution < -0.4 is 14.4 Å². The third-order valence-electron chi connectivity index (χ3n) is 3.75. The lowest BCUT2D eigenvalue weighted by molar-refractivity contribution is -0.113. The van der Waals surface area contributed by atoms with Crippen molar-refractivity contribution in [3.8, 4) is 11.5 Å². The number of aryl methyl sites for hydroxylation is 1. The van der Waals surface area contributed by atoms with Crippen molar-refractivity contribution < 1.29 is 19.1 Å². The number of anilines is 1. The molecular formula is C18H13NO4S. The first-order valence-corrected chi connectivity index (χ1v) is 8.18. The van der Waals surface area contributed by atoms with Gasteiger partial charge in [0.1, 0.15) is 0 Å². The highest BCUT2D eigenvalue weighted by Crippen LogP contribution is 2.38. The summed E-state index contributed by atoms with van der Waals surface area (Å²) in [6.45, 7) is 2.12. The molecule has 4 rings (SSSR count). The van der Waals surface area contributed by atoms with Crippen molar-refractivity contribution in [2.24, 2.45) is 0 Å². The zero-order valence-corrected chi connectivity index (χ0v) is 13.6. The van der Waals surface area contributed by atoms with Gasteiger partial charge in [-0.25, -0.2) is 4.90 Å². The highest BCUT2D eigenvalue weighted by atomic mass is 32.2. The lowest BCUT2D eigenvalue weighted by Gasteiger charge is -2.12. The molecule has 0 saturated carbocycles. The Hall–Kier alpha value is -2.73. The summed E-state index contributed by atoms with van der Waals surface area (Å²) in [7, 11) is 0. The van der Waals surface area contributed by atoms with E-state index in [0.717, 1.165) is 22.9 Å². The Morgan fingerprint density at radius 3 is 2.75 bits per heavy atom. The number of carbonyl (C=O) groups is 2. The molecule has 5 nitrogen and oxygen atoms in total. The number of imide groups is 1. The highest BCUT2D eigenvalue weighted by molar-refractivity contribution is 8.19. The van der Waals surface area contributed by atoms with Crippen LogP contribution in [0.25, 0.3) is 6.08 Å². The largest absolute Gasteiger partial charge is 0.454 e. The molecular weight excluding hydrogens is 326 g/mol. The maximum atomic E-state index is 12.6. The van der Waals surface area contributed by atoms with Crippen molar-refractivity contribution in [1.82, 2.24) is 0 Å². The van der Waals surface area contributed by atoms with Gasteiger partial charge >= 0.3 is 0 Å². The van der Waals surface area contributed by atoms with Crippen LogP contribution in [0.4, 0.5) is 10.5 Å². The Morgan fingerprint density at radius 2 is 1.92 bits per heavy atom. The molecule has 0 aromatic heterocycles. The highest BCUT2D eigenvalue weighted by Gasteiger charge is 2.36. The zero-order chi connectivity index (χ0) is 16.7. The van der Waals surface area contributed by atoms with Gasteiger partial charge in [-0.1, -0.05) is 18.2 Å². The number of amides is 2. The first-order chi connectivity index (χ1) is 11.6. The second-order valence-electron chi connectivity index (χ2n) is 5.47. The molecule has 2 aliphatic rings. The third kappa shape index (κ3) is 2.55. The van der Waals surface area contributed by atoms with Crippen LogP contribution in [0.15, 0.2) is 47.4 Å². The molecule has 1 fully saturated rings. The summed E-state index contributed by atoms with van der Waals surface area (Å²) >= 11 is 0.937. The number of fused-ring (bicyclic) bond motifs is 1. The Bertz CT molecular complexity index is 890. The minimum absolute atomic E-state index is 0.197. The van der Waals surface area contributed by atoms with E-state index in [9.17, 15) is 9.59 Å². The van der Waals surface area contributed by atoms with Gasteiger partial charge in [0.25, 0.3) is 11.1 Å². The van der Waals surface area contributed by atoms with E-state index in [2.05, 4.69) is 0 Å². The number of carbonyl (C=O) groups excluding carboxylic acids is 2. The monoisotopic (exact) mass is 339 g/mol. The van der Waals surface area contributed by atoms with E-state index in [1.54, 1.807) is 24.3 Å². The van der Waals surface area contributed by atoms with Gasteiger partial charge in [-0.15, -0.1) is 0 Å². The molecule has 2 heterocycles. The molecule has 0 bridgehead atoms. The van der Waals surface area contributed by atoms with Gasteiger partial charge in [0, 0.05) is 0 Å². The van der Waals surface area contributed by atoms with E-state index in [4.69, 9.17) is 9.47 Å². The molecule has 0 radical (unpaired) electrons. The number of hydrogen-bond donors (Lipinski definition) is 0. The standard InChI is InChI=1S/C18H13NO4S/c1-11-3-2-4-13(7-11)19-17(20)16(24-18(19)21)9-12-5-6-14-15(8-12)23-10-22-14/h2-9H,10H2,1H3/b16-9-. The van der Waals surface area contributed by atoms with Crippen LogP contribution in [-0.4, -0.2) is 17.9 Å². The van der Waals surface area contributed by atoms with Crippen LogP contribution in [0.3, 0.4) is 0 Å². The van der Waals surface area contributed by atoms with Crippen LogP contribution >= 0.6 is 11.8 Å². The summed E-state index contributed by atoms with van der Waals surface area (Å²) in [6, 6.07) is 12.7. The Balaban J connectivity index is 1.66. The van der Waals surface area contributed by atoms with Crippen molar-refractivity contribution in [2.45, 2.75) is 6.92 Å². The predicted molar refractivity (Wildman–Crippen MR) is 92.2 cm³/mol. The van der Waals surface area contributed by atoms with E-state index < -0.39 is 0 Å². The van der Waals surface area contributed by atoms with Crippen molar-refractivity contribution in [3.05, 3.63) is 58.5 Å². The van der Waals surface area contributed by atoms with Crippen LogP contribution in [-0.2, 0) is 4.79 Å². The fourth-order valence-corrected chi connectivity index (χ4v) is 3.45.